The summed E-state index contributed by atoms with van der Waals surface area (Å²) in [4.78, 5) is 4.06. The van der Waals surface area contributed by atoms with Crippen LogP contribution in [0.2, 0.25) is 5.02 Å². The lowest BCUT2D eigenvalue weighted by Gasteiger charge is -2.11. The molecule has 0 amide bonds. The molecule has 0 unspecified atom stereocenters. The topological polar surface area (TPSA) is 34.1 Å². The summed E-state index contributed by atoms with van der Waals surface area (Å²) in [6.45, 7) is 4.69. The maximum absolute atomic E-state index is 13.7. The first-order valence-electron chi connectivity index (χ1n) is 6.46. The molecule has 1 aromatic carbocycles. The van der Waals surface area contributed by atoms with E-state index in [1.165, 1.54) is 12.3 Å². The third kappa shape index (κ3) is 4.66. The summed E-state index contributed by atoms with van der Waals surface area (Å²) in [6, 6.07) is 6.63. The van der Waals surface area contributed by atoms with E-state index in [4.69, 9.17) is 16.3 Å². The zero-order valence-electron chi connectivity index (χ0n) is 11.7. The van der Waals surface area contributed by atoms with Gasteiger partial charge in [0, 0.05) is 29.3 Å². The van der Waals surface area contributed by atoms with Gasteiger partial charge in [0.1, 0.15) is 0 Å². The van der Waals surface area contributed by atoms with Gasteiger partial charge in [-0.3, -0.25) is 0 Å². The van der Waals surface area contributed by atoms with Gasteiger partial charge in [-0.2, -0.15) is 0 Å². The van der Waals surface area contributed by atoms with Gasteiger partial charge in [-0.1, -0.05) is 41.4 Å². The second-order valence-corrected chi connectivity index (χ2v) is 6.15. The van der Waals surface area contributed by atoms with E-state index in [1.54, 1.807) is 18.2 Å². The van der Waals surface area contributed by atoms with Crippen LogP contribution in [0.4, 0.5) is 4.39 Å². The highest BCUT2D eigenvalue weighted by atomic mass is 79.9. The van der Waals surface area contributed by atoms with Crippen molar-refractivity contribution in [2.45, 2.75) is 26.4 Å². The number of nitrogens with one attached hydrogen (secondary N) is 1. The lowest BCUT2D eigenvalue weighted by Crippen LogP contribution is -2.22. The van der Waals surface area contributed by atoms with E-state index in [2.05, 4.69) is 26.2 Å². The van der Waals surface area contributed by atoms with Crippen molar-refractivity contribution >= 4 is 27.5 Å². The van der Waals surface area contributed by atoms with E-state index in [0.29, 0.717) is 28.0 Å². The number of aromatic nitrogens is 1. The molecule has 0 fully saturated rings. The van der Waals surface area contributed by atoms with Crippen LogP contribution in [-0.2, 0) is 6.54 Å². The third-order valence-corrected chi connectivity index (χ3v) is 3.55. The highest BCUT2D eigenvalue weighted by Gasteiger charge is 2.09. The van der Waals surface area contributed by atoms with Crippen LogP contribution in [0.1, 0.15) is 19.4 Å². The fourth-order valence-electron chi connectivity index (χ4n) is 1.63. The van der Waals surface area contributed by atoms with Crippen LogP contribution in [0, 0.1) is 5.82 Å². The lowest BCUT2D eigenvalue weighted by atomic mass is 10.2. The molecule has 6 heteroatoms. The van der Waals surface area contributed by atoms with E-state index < -0.39 is 5.82 Å². The highest BCUT2D eigenvalue weighted by Crippen LogP contribution is 2.27. The summed E-state index contributed by atoms with van der Waals surface area (Å²) in [7, 11) is 0. The van der Waals surface area contributed by atoms with Crippen molar-refractivity contribution < 1.29 is 9.13 Å². The summed E-state index contributed by atoms with van der Waals surface area (Å²) in [5.74, 6) is -0.0278. The van der Waals surface area contributed by atoms with Crippen LogP contribution in [-0.4, -0.2) is 11.0 Å². The molecular formula is C15H15BrClFN2O. The molecule has 0 bridgehead atoms. The van der Waals surface area contributed by atoms with Crippen molar-refractivity contribution in [1.82, 2.24) is 10.3 Å². The van der Waals surface area contributed by atoms with Gasteiger partial charge >= 0.3 is 0 Å². The molecule has 1 N–H and O–H groups in total. The molecule has 1 heterocycles. The van der Waals surface area contributed by atoms with Crippen LogP contribution in [0.15, 0.2) is 34.9 Å². The second kappa shape index (κ2) is 7.20. The van der Waals surface area contributed by atoms with Crippen molar-refractivity contribution in [3.05, 3.63) is 51.3 Å². The molecule has 0 radical (unpaired) electrons. The lowest BCUT2D eigenvalue weighted by molar-refractivity contribution is 0.426. The van der Waals surface area contributed by atoms with Gasteiger partial charge in [-0.15, -0.1) is 0 Å². The number of nitrogens with zero attached hydrogens (tertiary/aromatic N) is 1. The van der Waals surface area contributed by atoms with Crippen molar-refractivity contribution in [2.75, 3.05) is 0 Å². The fourth-order valence-corrected chi connectivity index (χ4v) is 2.14. The van der Waals surface area contributed by atoms with Gasteiger partial charge in [0.05, 0.1) is 5.02 Å². The Morgan fingerprint density at radius 2 is 2.14 bits per heavy atom. The van der Waals surface area contributed by atoms with Crippen LogP contribution in [0.5, 0.6) is 11.6 Å². The Balaban J connectivity index is 2.18. The smallest absolute Gasteiger partial charge is 0.219 e. The van der Waals surface area contributed by atoms with Gasteiger partial charge in [-0.25, -0.2) is 9.37 Å². The molecule has 0 spiro atoms. The number of benzene rings is 1. The average Bonchev–Trinajstić information content (AvgIpc) is 2.42. The maximum atomic E-state index is 13.7. The monoisotopic (exact) mass is 372 g/mol. The first-order chi connectivity index (χ1) is 9.95. The molecule has 1 aromatic heterocycles. The minimum atomic E-state index is -0.456. The first kappa shape index (κ1) is 16.2. The largest absolute Gasteiger partial charge is 0.436 e. The Hall–Kier alpha value is -1.17. The van der Waals surface area contributed by atoms with E-state index in [9.17, 15) is 4.39 Å². The molecule has 2 aromatic rings. The quantitative estimate of drug-likeness (QED) is 0.807. The summed E-state index contributed by atoms with van der Waals surface area (Å²) >= 11 is 9.30. The Morgan fingerprint density at radius 3 is 2.81 bits per heavy atom. The molecule has 0 aliphatic heterocycles. The zero-order chi connectivity index (χ0) is 15.4. The molecule has 0 saturated carbocycles. The van der Waals surface area contributed by atoms with Gasteiger partial charge in [-0.05, 0) is 23.8 Å². The standard InChI is InChI=1S/C15H15BrClFN2O/c1-9(2)19-7-10-5-15(20-8-12(10)17)21-14-4-3-11(16)6-13(14)18/h3-6,8-9,19H,7H2,1-2H3. The minimum Gasteiger partial charge on any atom is -0.436 e. The Labute approximate surface area is 136 Å². The van der Waals surface area contributed by atoms with Crippen molar-refractivity contribution in [1.29, 1.82) is 0 Å². The number of halogens is 3. The normalized spacial score (nSPS) is 11.0. The predicted octanol–water partition coefficient (Wildman–Crippen LogP) is 4.93. The van der Waals surface area contributed by atoms with Crippen LogP contribution >= 0.6 is 27.5 Å². The van der Waals surface area contributed by atoms with Gasteiger partial charge < -0.3 is 10.1 Å². The Morgan fingerprint density at radius 1 is 1.38 bits per heavy atom. The molecule has 0 saturated heterocycles. The fraction of sp³-hybridized carbons (Fsp3) is 0.267. The predicted molar refractivity (Wildman–Crippen MR) is 85.4 cm³/mol. The summed E-state index contributed by atoms with van der Waals surface area (Å²) in [5, 5.41) is 3.81. The number of hydrogen-bond donors (Lipinski definition) is 1. The average molecular weight is 374 g/mol. The molecule has 0 atom stereocenters. The third-order valence-electron chi connectivity index (χ3n) is 2.72. The molecule has 3 nitrogen and oxygen atoms in total. The minimum absolute atomic E-state index is 0.121. The maximum Gasteiger partial charge on any atom is 0.219 e. The number of rotatable bonds is 5. The molecule has 0 aliphatic rings. The van der Waals surface area contributed by atoms with Gasteiger partial charge in [0.2, 0.25) is 5.88 Å². The molecule has 112 valence electrons. The Bertz CT molecular complexity index is 637. The number of hydrogen-bond acceptors (Lipinski definition) is 3. The molecule has 0 aliphatic carbocycles. The molecule has 21 heavy (non-hydrogen) atoms. The van der Waals surface area contributed by atoms with E-state index in [1.807, 2.05) is 13.8 Å². The van der Waals surface area contributed by atoms with Crippen molar-refractivity contribution in [3.63, 3.8) is 0 Å². The van der Waals surface area contributed by atoms with Gasteiger partial charge in [0.15, 0.2) is 11.6 Å². The Kier molecular flexibility index (Phi) is 5.56. The van der Waals surface area contributed by atoms with Gasteiger partial charge in [0.25, 0.3) is 0 Å². The van der Waals surface area contributed by atoms with Crippen molar-refractivity contribution in [2.24, 2.45) is 0 Å². The van der Waals surface area contributed by atoms with E-state index in [0.717, 1.165) is 5.56 Å². The number of ether oxygens (including phenoxy) is 1. The highest BCUT2D eigenvalue weighted by molar-refractivity contribution is 9.10. The van der Waals surface area contributed by atoms with Crippen LogP contribution in [0.25, 0.3) is 0 Å². The second-order valence-electron chi connectivity index (χ2n) is 4.83. The number of pyridine rings is 1. The van der Waals surface area contributed by atoms with E-state index >= 15 is 0 Å². The van der Waals surface area contributed by atoms with Crippen LogP contribution < -0.4 is 10.1 Å². The summed E-state index contributed by atoms with van der Waals surface area (Å²) in [6.07, 6.45) is 1.50. The SMILES string of the molecule is CC(C)NCc1cc(Oc2ccc(Br)cc2F)ncc1Cl. The van der Waals surface area contributed by atoms with Crippen molar-refractivity contribution in [3.8, 4) is 11.6 Å². The summed E-state index contributed by atoms with van der Waals surface area (Å²) in [5.41, 5.74) is 0.855. The molecular weight excluding hydrogens is 359 g/mol. The van der Waals surface area contributed by atoms with Crippen LogP contribution in [0.3, 0.4) is 0 Å². The zero-order valence-corrected chi connectivity index (χ0v) is 14.0. The summed E-state index contributed by atoms with van der Waals surface area (Å²) < 4.78 is 19.9. The first-order valence-corrected chi connectivity index (χ1v) is 7.63. The molecule has 2 rings (SSSR count). The van der Waals surface area contributed by atoms with E-state index in [-0.39, 0.29) is 5.75 Å².